The lowest BCUT2D eigenvalue weighted by Crippen LogP contribution is -2.25. The van der Waals surface area contributed by atoms with E-state index in [1.807, 2.05) is 18.2 Å². The molecule has 0 bridgehead atoms. The molecule has 1 aromatic carbocycles. The first-order valence-electron chi connectivity index (χ1n) is 5.27. The normalized spacial score (nSPS) is 10.3. The second kappa shape index (κ2) is 5.92. The average Bonchev–Trinajstić information content (AvgIpc) is 2.75. The summed E-state index contributed by atoms with van der Waals surface area (Å²) in [5, 5.41) is 11.7. The van der Waals surface area contributed by atoms with Crippen LogP contribution in [0.4, 0.5) is 5.13 Å². The quantitative estimate of drug-likeness (QED) is 0.898. The van der Waals surface area contributed by atoms with Crippen LogP contribution in [0.2, 0.25) is 0 Å². The molecule has 7 heteroatoms. The maximum Gasteiger partial charge on any atom is 0.252 e. The van der Waals surface area contributed by atoms with E-state index in [1.165, 1.54) is 11.3 Å². The lowest BCUT2D eigenvalue weighted by molar-refractivity contribution is 0.0953. The molecule has 0 radical (unpaired) electrons. The molecule has 3 N–H and O–H groups in total. The Morgan fingerprint density at radius 3 is 2.83 bits per heavy atom. The minimum absolute atomic E-state index is 0.111. The van der Waals surface area contributed by atoms with Crippen LogP contribution < -0.4 is 11.1 Å². The van der Waals surface area contributed by atoms with Gasteiger partial charge in [-0.05, 0) is 28.1 Å². The number of anilines is 1. The van der Waals surface area contributed by atoms with Crippen molar-refractivity contribution in [1.82, 2.24) is 15.5 Å². The number of aromatic nitrogens is 2. The van der Waals surface area contributed by atoms with Gasteiger partial charge in [0.1, 0.15) is 5.01 Å². The molecular formula is C11H11BrN4OS. The summed E-state index contributed by atoms with van der Waals surface area (Å²) in [4.78, 5) is 11.9. The highest BCUT2D eigenvalue weighted by molar-refractivity contribution is 9.10. The highest BCUT2D eigenvalue weighted by Gasteiger charge is 2.08. The number of carbonyl (C=O) groups is 1. The largest absolute Gasteiger partial charge is 0.374 e. The first kappa shape index (κ1) is 13.0. The second-order valence-corrected chi connectivity index (χ2v) is 5.47. The number of halogens is 1. The van der Waals surface area contributed by atoms with Crippen LogP contribution in [0.3, 0.4) is 0 Å². The molecule has 0 aliphatic heterocycles. The molecule has 1 aromatic heterocycles. The van der Waals surface area contributed by atoms with Crippen molar-refractivity contribution in [1.29, 1.82) is 0 Å². The van der Waals surface area contributed by atoms with Crippen LogP contribution >= 0.6 is 27.3 Å². The Hall–Kier alpha value is -1.47. The van der Waals surface area contributed by atoms with E-state index in [-0.39, 0.29) is 5.91 Å². The van der Waals surface area contributed by atoms with E-state index in [4.69, 9.17) is 5.73 Å². The maximum atomic E-state index is 11.9. The topological polar surface area (TPSA) is 80.9 Å². The van der Waals surface area contributed by atoms with E-state index in [9.17, 15) is 4.79 Å². The summed E-state index contributed by atoms with van der Waals surface area (Å²) < 4.78 is 0.780. The first-order chi connectivity index (χ1) is 8.66. The molecule has 0 aliphatic carbocycles. The fourth-order valence-electron chi connectivity index (χ4n) is 1.39. The lowest BCUT2D eigenvalue weighted by atomic mass is 10.2. The average molecular weight is 327 g/mol. The molecule has 0 saturated carbocycles. The van der Waals surface area contributed by atoms with E-state index in [0.29, 0.717) is 23.7 Å². The smallest absolute Gasteiger partial charge is 0.252 e. The third-order valence-electron chi connectivity index (χ3n) is 2.23. The first-order valence-corrected chi connectivity index (χ1v) is 6.88. The summed E-state index contributed by atoms with van der Waals surface area (Å²) in [5.74, 6) is -0.111. The molecule has 1 amide bonds. The SMILES string of the molecule is Nc1nnc(CCNC(=O)c2ccccc2Br)s1. The number of nitrogen functional groups attached to an aromatic ring is 1. The van der Waals surface area contributed by atoms with Crippen LogP contribution in [0.1, 0.15) is 15.4 Å². The fourth-order valence-corrected chi connectivity index (χ4v) is 2.46. The summed E-state index contributed by atoms with van der Waals surface area (Å²) in [6, 6.07) is 7.29. The summed E-state index contributed by atoms with van der Waals surface area (Å²) >= 11 is 4.67. The molecule has 0 saturated heterocycles. The van der Waals surface area contributed by atoms with E-state index in [2.05, 4.69) is 31.4 Å². The summed E-state index contributed by atoms with van der Waals surface area (Å²) in [6.45, 7) is 0.509. The molecule has 18 heavy (non-hydrogen) atoms. The van der Waals surface area contributed by atoms with Gasteiger partial charge in [-0.15, -0.1) is 10.2 Å². The van der Waals surface area contributed by atoms with Crippen molar-refractivity contribution >= 4 is 38.3 Å². The van der Waals surface area contributed by atoms with Crippen LogP contribution in [0, 0.1) is 0 Å². The van der Waals surface area contributed by atoms with Crippen molar-refractivity contribution in [3.8, 4) is 0 Å². The molecule has 0 spiro atoms. The number of nitrogens with two attached hydrogens (primary N) is 1. The monoisotopic (exact) mass is 326 g/mol. The summed E-state index contributed by atoms with van der Waals surface area (Å²) in [5.41, 5.74) is 6.09. The maximum absolute atomic E-state index is 11.9. The Bertz CT molecular complexity index is 557. The van der Waals surface area contributed by atoms with Crippen LogP contribution in [0.15, 0.2) is 28.7 Å². The summed E-state index contributed by atoms with van der Waals surface area (Å²) in [6.07, 6.45) is 0.630. The fraction of sp³-hybridized carbons (Fsp3) is 0.182. The van der Waals surface area contributed by atoms with Crippen molar-refractivity contribution in [2.45, 2.75) is 6.42 Å². The highest BCUT2D eigenvalue weighted by atomic mass is 79.9. The van der Waals surface area contributed by atoms with Gasteiger partial charge >= 0.3 is 0 Å². The molecule has 0 unspecified atom stereocenters. The molecule has 5 nitrogen and oxygen atoms in total. The Balaban J connectivity index is 1.87. The van der Waals surface area contributed by atoms with Crippen molar-refractivity contribution in [3.63, 3.8) is 0 Å². The predicted molar refractivity (Wildman–Crippen MR) is 74.5 cm³/mol. The van der Waals surface area contributed by atoms with Gasteiger partial charge in [0, 0.05) is 17.4 Å². The number of hydrogen-bond donors (Lipinski definition) is 2. The molecule has 0 atom stereocenters. The van der Waals surface area contributed by atoms with Crippen LogP contribution in [-0.2, 0) is 6.42 Å². The van der Waals surface area contributed by atoms with Gasteiger partial charge in [0.15, 0.2) is 0 Å². The van der Waals surface area contributed by atoms with E-state index in [1.54, 1.807) is 6.07 Å². The number of nitrogens with one attached hydrogen (secondary N) is 1. The minimum atomic E-state index is -0.111. The molecule has 2 rings (SSSR count). The van der Waals surface area contributed by atoms with Crippen molar-refractivity contribution in [3.05, 3.63) is 39.3 Å². The number of rotatable bonds is 4. The molecule has 2 aromatic rings. The molecule has 0 aliphatic rings. The van der Waals surface area contributed by atoms with E-state index < -0.39 is 0 Å². The van der Waals surface area contributed by atoms with Gasteiger partial charge in [-0.2, -0.15) is 0 Å². The third kappa shape index (κ3) is 3.27. The molecule has 94 valence electrons. The van der Waals surface area contributed by atoms with Gasteiger partial charge in [-0.3, -0.25) is 4.79 Å². The number of nitrogens with zero attached hydrogens (tertiary/aromatic N) is 2. The second-order valence-electron chi connectivity index (χ2n) is 3.52. The molecule has 0 fully saturated rings. The number of amides is 1. The zero-order valence-electron chi connectivity index (χ0n) is 9.39. The van der Waals surface area contributed by atoms with Crippen molar-refractivity contribution in [2.75, 3.05) is 12.3 Å². The third-order valence-corrected chi connectivity index (χ3v) is 3.73. The van der Waals surface area contributed by atoms with E-state index >= 15 is 0 Å². The van der Waals surface area contributed by atoms with E-state index in [0.717, 1.165) is 9.48 Å². The van der Waals surface area contributed by atoms with Gasteiger partial charge in [-0.25, -0.2) is 0 Å². The van der Waals surface area contributed by atoms with Gasteiger partial charge in [0.2, 0.25) is 5.13 Å². The minimum Gasteiger partial charge on any atom is -0.374 e. The van der Waals surface area contributed by atoms with Crippen LogP contribution in [0.5, 0.6) is 0 Å². The standard InChI is InChI=1S/C11H11BrN4OS/c12-8-4-2-1-3-7(8)10(17)14-6-5-9-15-16-11(13)18-9/h1-4H,5-6H2,(H2,13,16)(H,14,17). The van der Waals surface area contributed by atoms with Gasteiger partial charge < -0.3 is 11.1 Å². The number of benzene rings is 1. The van der Waals surface area contributed by atoms with Gasteiger partial charge in [0.25, 0.3) is 5.91 Å². The number of carbonyl (C=O) groups excluding carboxylic acids is 1. The van der Waals surface area contributed by atoms with Crippen molar-refractivity contribution < 1.29 is 4.79 Å². The Morgan fingerprint density at radius 1 is 1.39 bits per heavy atom. The van der Waals surface area contributed by atoms with Crippen molar-refractivity contribution in [2.24, 2.45) is 0 Å². The lowest BCUT2D eigenvalue weighted by Gasteiger charge is -2.05. The zero-order chi connectivity index (χ0) is 13.0. The predicted octanol–water partition coefficient (Wildman–Crippen LogP) is 1.86. The van der Waals surface area contributed by atoms with Gasteiger partial charge in [-0.1, -0.05) is 23.5 Å². The van der Waals surface area contributed by atoms with Gasteiger partial charge in [0.05, 0.1) is 5.56 Å². The number of hydrogen-bond acceptors (Lipinski definition) is 5. The summed E-state index contributed by atoms with van der Waals surface area (Å²) in [7, 11) is 0. The Kier molecular flexibility index (Phi) is 4.27. The van der Waals surface area contributed by atoms with Crippen LogP contribution in [-0.4, -0.2) is 22.6 Å². The zero-order valence-corrected chi connectivity index (χ0v) is 11.8. The molecular weight excluding hydrogens is 316 g/mol. The Labute approximate surface area is 117 Å². The molecule has 1 heterocycles. The van der Waals surface area contributed by atoms with Crippen LogP contribution in [0.25, 0.3) is 0 Å². The Morgan fingerprint density at radius 2 is 2.17 bits per heavy atom. The highest BCUT2D eigenvalue weighted by Crippen LogP contribution is 2.15.